The fourth-order valence-corrected chi connectivity index (χ4v) is 0.729. The Morgan fingerprint density at radius 3 is 2.43 bits per heavy atom. The maximum absolute atomic E-state index is 9.89. The molecule has 7 heavy (non-hydrogen) atoms. The molecule has 0 saturated carbocycles. The lowest BCUT2D eigenvalue weighted by atomic mass is 10.9. The van der Waals surface area contributed by atoms with Crippen LogP contribution in [0.15, 0.2) is 0 Å². The molecule has 0 aromatic carbocycles. The first-order valence-corrected chi connectivity index (χ1v) is 3.36. The molecule has 0 amide bonds. The number of ether oxygens (including phenoxy) is 1. The van der Waals surface area contributed by atoms with Crippen LogP contribution in [-0.2, 0) is 4.74 Å². The van der Waals surface area contributed by atoms with E-state index in [0.717, 1.165) is 0 Å². The van der Waals surface area contributed by atoms with Crippen molar-refractivity contribution in [2.24, 2.45) is 0 Å². The number of halogens is 1. The van der Waals surface area contributed by atoms with Gasteiger partial charge in [-0.2, -0.15) is 0 Å². The van der Waals surface area contributed by atoms with E-state index in [4.69, 9.17) is 0 Å². The van der Waals surface area contributed by atoms with Gasteiger partial charge in [0.15, 0.2) is 4.11 Å². The van der Waals surface area contributed by atoms with Crippen LogP contribution in [0.3, 0.4) is 0 Å². The average Bonchev–Trinajstić information content (AvgIpc) is 1.27. The van der Waals surface area contributed by atoms with Gasteiger partial charge < -0.3 is 4.74 Å². The summed E-state index contributed by atoms with van der Waals surface area (Å²) in [5.41, 5.74) is 0. The van der Waals surface area contributed by atoms with Gasteiger partial charge in [-0.05, 0) is 29.5 Å². The molecule has 0 spiro atoms. The Kier molecular flexibility index (Phi) is 3.82. The van der Waals surface area contributed by atoms with Crippen molar-refractivity contribution in [1.29, 1.82) is 0 Å². The van der Waals surface area contributed by atoms with Gasteiger partial charge in [-0.3, -0.25) is 0 Å². The second kappa shape index (κ2) is 3.54. The van der Waals surface area contributed by atoms with Crippen LogP contribution in [0.2, 0.25) is 0 Å². The van der Waals surface area contributed by atoms with Crippen molar-refractivity contribution in [2.75, 3.05) is 0 Å². The highest BCUT2D eigenvalue weighted by Gasteiger charge is 1.96. The van der Waals surface area contributed by atoms with E-state index < -0.39 is 5.30 Å². The monoisotopic (exact) mass is 232 g/mol. The molecule has 4 heteroatoms. The van der Waals surface area contributed by atoms with Gasteiger partial charge in [0, 0.05) is 0 Å². The van der Waals surface area contributed by atoms with Crippen molar-refractivity contribution in [2.45, 2.75) is 11.0 Å². The van der Waals surface area contributed by atoms with Crippen molar-refractivity contribution in [1.82, 2.24) is 0 Å². The van der Waals surface area contributed by atoms with Crippen molar-refractivity contribution < 1.29 is 9.53 Å². The minimum absolute atomic E-state index is 0.0809. The smallest absolute Gasteiger partial charge is 0.365 e. The van der Waals surface area contributed by atoms with Crippen LogP contribution in [0.25, 0.3) is 0 Å². The summed E-state index contributed by atoms with van der Waals surface area (Å²) in [6.45, 7) is 1.76. The topological polar surface area (TPSA) is 26.3 Å². The average molecular weight is 232 g/mol. The van der Waals surface area contributed by atoms with E-state index >= 15 is 0 Å². The quantitative estimate of drug-likeness (QED) is 0.323. The molecule has 0 aliphatic rings. The summed E-state index contributed by atoms with van der Waals surface area (Å²) in [6, 6.07) is 0. The summed E-state index contributed by atoms with van der Waals surface area (Å²) in [5.74, 6) is 0. The number of carbonyl (C=O) groups excluding carboxylic acids is 1. The largest absolute Gasteiger partial charge is 0.444 e. The van der Waals surface area contributed by atoms with E-state index in [1.54, 1.807) is 6.92 Å². The van der Waals surface area contributed by atoms with Crippen LogP contribution in [0.4, 0.5) is 4.79 Å². The Labute approximate surface area is 61.2 Å². The number of hydrogen-bond donors (Lipinski definition) is 1. The number of thiol groups is 1. The van der Waals surface area contributed by atoms with Crippen LogP contribution < -0.4 is 0 Å². The molecule has 0 aromatic rings. The molecular formula is C3H5IO2S. The fraction of sp³-hybridized carbons (Fsp3) is 0.667. The Morgan fingerprint density at radius 1 is 2.00 bits per heavy atom. The van der Waals surface area contributed by atoms with E-state index in [1.165, 1.54) is 0 Å². The summed E-state index contributed by atoms with van der Waals surface area (Å²) in [4.78, 5) is 9.89. The minimum Gasteiger partial charge on any atom is -0.444 e. The summed E-state index contributed by atoms with van der Waals surface area (Å²) in [6.07, 6.45) is 0. The first kappa shape index (κ1) is 7.55. The zero-order valence-electron chi connectivity index (χ0n) is 3.72. The number of rotatable bonds is 1. The lowest BCUT2D eigenvalue weighted by molar-refractivity contribution is 0.176. The second-order valence-electron chi connectivity index (χ2n) is 0.927. The van der Waals surface area contributed by atoms with Crippen LogP contribution in [0, 0.1) is 0 Å². The van der Waals surface area contributed by atoms with Crippen molar-refractivity contribution >= 4 is 40.5 Å². The van der Waals surface area contributed by atoms with E-state index in [1.807, 2.05) is 22.6 Å². The van der Waals surface area contributed by atoms with Gasteiger partial charge >= 0.3 is 5.30 Å². The van der Waals surface area contributed by atoms with E-state index in [0.29, 0.717) is 0 Å². The molecule has 1 atom stereocenters. The normalized spacial score (nSPS) is 13.0. The molecule has 0 aliphatic heterocycles. The summed E-state index contributed by atoms with van der Waals surface area (Å²) in [7, 11) is 0. The zero-order valence-corrected chi connectivity index (χ0v) is 6.77. The predicted octanol–water partition coefficient (Wildman–Crippen LogP) is 1.83. The van der Waals surface area contributed by atoms with Gasteiger partial charge in [0.2, 0.25) is 0 Å². The Morgan fingerprint density at radius 2 is 2.43 bits per heavy atom. The number of carbonyl (C=O) groups is 1. The first-order valence-electron chi connectivity index (χ1n) is 1.66. The molecule has 0 radical (unpaired) electrons. The second-order valence-corrected chi connectivity index (χ2v) is 3.05. The molecule has 0 aromatic heterocycles. The molecule has 0 saturated heterocycles. The van der Waals surface area contributed by atoms with Crippen LogP contribution in [0.5, 0.6) is 0 Å². The molecule has 0 rings (SSSR count). The molecule has 0 bridgehead atoms. The Bertz CT molecular complexity index is 73.3. The lowest BCUT2D eigenvalue weighted by Crippen LogP contribution is -1.99. The highest BCUT2D eigenvalue weighted by molar-refractivity contribution is 14.1. The maximum Gasteiger partial charge on any atom is 0.365 e. The standard InChI is InChI=1S/C3H5IO2S/c1-2(4)6-3(5)7/h2H,1H3,(H,5,7). The third-order valence-corrected chi connectivity index (χ3v) is 0.623. The highest BCUT2D eigenvalue weighted by Crippen LogP contribution is 2.01. The maximum atomic E-state index is 9.89. The molecule has 42 valence electrons. The number of hydrogen-bond acceptors (Lipinski definition) is 2. The van der Waals surface area contributed by atoms with Crippen LogP contribution in [0.1, 0.15) is 6.92 Å². The minimum atomic E-state index is -0.526. The Balaban J connectivity index is 3.13. The molecule has 2 nitrogen and oxygen atoms in total. The van der Waals surface area contributed by atoms with Crippen molar-refractivity contribution in [3.8, 4) is 0 Å². The molecule has 1 unspecified atom stereocenters. The summed E-state index contributed by atoms with van der Waals surface area (Å²) >= 11 is 5.34. The van der Waals surface area contributed by atoms with Crippen molar-refractivity contribution in [3.63, 3.8) is 0 Å². The zero-order chi connectivity index (χ0) is 5.86. The van der Waals surface area contributed by atoms with Crippen LogP contribution in [-0.4, -0.2) is 9.41 Å². The molecule has 0 N–H and O–H groups in total. The number of alkyl halides is 1. The van der Waals surface area contributed by atoms with Gasteiger partial charge in [0.1, 0.15) is 0 Å². The highest BCUT2D eigenvalue weighted by atomic mass is 127. The lowest BCUT2D eigenvalue weighted by Gasteiger charge is -1.99. The third kappa shape index (κ3) is 6.55. The fourth-order valence-electron chi connectivity index (χ4n) is 0.139. The molecule has 0 fully saturated rings. The van der Waals surface area contributed by atoms with Crippen molar-refractivity contribution in [3.05, 3.63) is 0 Å². The van der Waals surface area contributed by atoms with Crippen LogP contribution >= 0.6 is 35.2 Å². The third-order valence-electron chi connectivity index (χ3n) is 0.263. The first-order chi connectivity index (χ1) is 3.13. The van der Waals surface area contributed by atoms with Gasteiger partial charge in [-0.25, -0.2) is 4.79 Å². The van der Waals surface area contributed by atoms with E-state index in [2.05, 4.69) is 17.4 Å². The summed E-state index contributed by atoms with van der Waals surface area (Å²) < 4.78 is 4.38. The van der Waals surface area contributed by atoms with Gasteiger partial charge in [-0.1, -0.05) is 12.6 Å². The SMILES string of the molecule is CC(I)OC(=O)S. The predicted molar refractivity (Wildman–Crippen MR) is 38.9 cm³/mol. The Hall–Kier alpha value is 0.550. The van der Waals surface area contributed by atoms with Gasteiger partial charge in [0.25, 0.3) is 0 Å². The molecule has 0 heterocycles. The van der Waals surface area contributed by atoms with Gasteiger partial charge in [0.05, 0.1) is 0 Å². The van der Waals surface area contributed by atoms with E-state index in [9.17, 15) is 4.79 Å². The summed E-state index contributed by atoms with van der Waals surface area (Å²) in [5, 5.41) is -0.526. The molecule has 0 aliphatic carbocycles. The molecular weight excluding hydrogens is 227 g/mol. The van der Waals surface area contributed by atoms with Gasteiger partial charge in [-0.15, -0.1) is 0 Å². The van der Waals surface area contributed by atoms with E-state index in [-0.39, 0.29) is 4.11 Å².